The number of halogens is 1. The summed E-state index contributed by atoms with van der Waals surface area (Å²) in [6, 6.07) is 7.95. The van der Waals surface area contributed by atoms with Crippen LogP contribution in [-0.4, -0.2) is 22.1 Å². The van der Waals surface area contributed by atoms with E-state index < -0.39 is 0 Å². The van der Waals surface area contributed by atoms with Crippen molar-refractivity contribution in [2.75, 3.05) is 11.9 Å². The van der Waals surface area contributed by atoms with E-state index in [1.165, 1.54) is 0 Å². The first-order valence-corrected chi connectivity index (χ1v) is 6.99. The third-order valence-corrected chi connectivity index (χ3v) is 4.32. The predicted octanol–water partition coefficient (Wildman–Crippen LogP) is 2.70. The Bertz CT molecular complexity index is 678. The van der Waals surface area contributed by atoms with Crippen molar-refractivity contribution in [3.05, 3.63) is 46.2 Å². The Morgan fingerprint density at radius 2 is 2.25 bits per heavy atom. The lowest BCUT2D eigenvalue weighted by molar-refractivity contribution is -0.119. The van der Waals surface area contributed by atoms with Gasteiger partial charge in [-0.2, -0.15) is 5.10 Å². The standard InChI is InChI=1S/C15H16ClN3O/c1-9-15(16)13(19(2)18-9)7-14(20)11-8-17-12-6-4-3-5-10(11)12/h3-6,11,17H,7-8H2,1-2H3. The van der Waals surface area contributed by atoms with Gasteiger partial charge in [-0.1, -0.05) is 29.8 Å². The van der Waals surface area contributed by atoms with Crippen LogP contribution in [0.3, 0.4) is 0 Å². The summed E-state index contributed by atoms with van der Waals surface area (Å²) in [4.78, 5) is 12.6. The summed E-state index contributed by atoms with van der Waals surface area (Å²) < 4.78 is 1.70. The molecule has 1 N–H and O–H groups in total. The molecule has 5 heteroatoms. The molecule has 1 atom stereocenters. The van der Waals surface area contributed by atoms with Gasteiger partial charge in [-0.15, -0.1) is 0 Å². The fourth-order valence-electron chi connectivity index (χ4n) is 2.73. The number of anilines is 1. The van der Waals surface area contributed by atoms with E-state index in [9.17, 15) is 4.79 Å². The number of carbonyl (C=O) groups is 1. The van der Waals surface area contributed by atoms with Crippen LogP contribution >= 0.6 is 11.6 Å². The number of benzene rings is 1. The van der Waals surface area contributed by atoms with Crippen molar-refractivity contribution in [3.8, 4) is 0 Å². The molecule has 1 aliphatic heterocycles. The van der Waals surface area contributed by atoms with Gasteiger partial charge < -0.3 is 5.32 Å². The molecule has 2 heterocycles. The molecule has 0 saturated carbocycles. The van der Waals surface area contributed by atoms with E-state index in [2.05, 4.69) is 10.4 Å². The van der Waals surface area contributed by atoms with Gasteiger partial charge in [0.25, 0.3) is 0 Å². The van der Waals surface area contributed by atoms with Crippen LogP contribution in [0, 0.1) is 6.92 Å². The molecular weight excluding hydrogens is 274 g/mol. The number of Topliss-reactive ketones (excluding diaryl/α,β-unsaturated/α-hetero) is 1. The Labute approximate surface area is 122 Å². The molecule has 0 fully saturated rings. The van der Waals surface area contributed by atoms with Crippen molar-refractivity contribution in [3.63, 3.8) is 0 Å². The Balaban J connectivity index is 1.85. The van der Waals surface area contributed by atoms with E-state index in [1.807, 2.05) is 38.2 Å². The minimum absolute atomic E-state index is 0.0996. The highest BCUT2D eigenvalue weighted by atomic mass is 35.5. The van der Waals surface area contributed by atoms with E-state index in [1.54, 1.807) is 4.68 Å². The number of aryl methyl sites for hydroxylation is 2. The second kappa shape index (κ2) is 4.94. The minimum atomic E-state index is -0.0996. The molecule has 4 nitrogen and oxygen atoms in total. The average molecular weight is 290 g/mol. The number of aromatic nitrogens is 2. The molecule has 1 aliphatic rings. The Hall–Kier alpha value is -1.81. The maximum Gasteiger partial charge on any atom is 0.148 e. The Kier molecular flexibility index (Phi) is 3.26. The summed E-state index contributed by atoms with van der Waals surface area (Å²) >= 11 is 6.21. The third-order valence-electron chi connectivity index (χ3n) is 3.82. The highest BCUT2D eigenvalue weighted by Gasteiger charge is 2.29. The molecule has 1 unspecified atom stereocenters. The Morgan fingerprint density at radius 1 is 1.50 bits per heavy atom. The van der Waals surface area contributed by atoms with Gasteiger partial charge in [0.05, 0.1) is 28.7 Å². The van der Waals surface area contributed by atoms with Crippen molar-refractivity contribution in [1.82, 2.24) is 9.78 Å². The van der Waals surface area contributed by atoms with Crippen LogP contribution in [0.25, 0.3) is 0 Å². The van der Waals surface area contributed by atoms with Crippen LogP contribution in [0.1, 0.15) is 22.9 Å². The lowest BCUT2D eigenvalue weighted by Gasteiger charge is -2.09. The van der Waals surface area contributed by atoms with E-state index >= 15 is 0 Å². The normalized spacial score (nSPS) is 16.9. The van der Waals surface area contributed by atoms with Crippen LogP contribution in [0.5, 0.6) is 0 Å². The average Bonchev–Trinajstić information content (AvgIpc) is 2.96. The first-order valence-electron chi connectivity index (χ1n) is 6.61. The molecule has 0 saturated heterocycles. The molecule has 0 amide bonds. The number of ketones is 1. The number of hydrogen-bond donors (Lipinski definition) is 1. The quantitative estimate of drug-likeness (QED) is 0.945. The van der Waals surface area contributed by atoms with Crippen molar-refractivity contribution in [1.29, 1.82) is 0 Å². The molecule has 20 heavy (non-hydrogen) atoms. The van der Waals surface area contributed by atoms with Crippen LogP contribution < -0.4 is 5.32 Å². The number of fused-ring (bicyclic) bond motifs is 1. The van der Waals surface area contributed by atoms with Gasteiger partial charge in [-0.05, 0) is 18.6 Å². The minimum Gasteiger partial charge on any atom is -0.384 e. The highest BCUT2D eigenvalue weighted by molar-refractivity contribution is 6.32. The van der Waals surface area contributed by atoms with Gasteiger partial charge in [0.1, 0.15) is 5.78 Å². The zero-order valence-corrected chi connectivity index (χ0v) is 12.2. The molecule has 1 aromatic heterocycles. The Morgan fingerprint density at radius 3 is 2.95 bits per heavy atom. The summed E-state index contributed by atoms with van der Waals surface area (Å²) in [5.41, 5.74) is 3.69. The molecule has 3 rings (SSSR count). The molecule has 1 aromatic carbocycles. The van der Waals surface area contributed by atoms with Crippen LogP contribution in [-0.2, 0) is 18.3 Å². The lowest BCUT2D eigenvalue weighted by atomic mass is 9.94. The van der Waals surface area contributed by atoms with Gasteiger partial charge >= 0.3 is 0 Å². The molecular formula is C15H16ClN3O. The summed E-state index contributed by atoms with van der Waals surface area (Å²) in [5, 5.41) is 8.12. The number of nitrogens with zero attached hydrogens (tertiary/aromatic N) is 2. The van der Waals surface area contributed by atoms with Crippen molar-refractivity contribution in [2.24, 2.45) is 7.05 Å². The molecule has 0 bridgehead atoms. The van der Waals surface area contributed by atoms with E-state index in [-0.39, 0.29) is 11.7 Å². The molecule has 104 valence electrons. The maximum atomic E-state index is 12.6. The smallest absolute Gasteiger partial charge is 0.148 e. The van der Waals surface area contributed by atoms with E-state index in [4.69, 9.17) is 11.6 Å². The fourth-order valence-corrected chi connectivity index (χ4v) is 2.96. The number of nitrogens with one attached hydrogen (secondary N) is 1. The van der Waals surface area contributed by atoms with Gasteiger partial charge in [0.15, 0.2) is 0 Å². The summed E-state index contributed by atoms with van der Waals surface area (Å²) in [6.45, 7) is 2.51. The zero-order chi connectivity index (χ0) is 14.3. The number of para-hydroxylation sites is 1. The topological polar surface area (TPSA) is 46.9 Å². The molecule has 0 spiro atoms. The predicted molar refractivity (Wildman–Crippen MR) is 79.3 cm³/mol. The summed E-state index contributed by atoms with van der Waals surface area (Å²) in [5.74, 6) is 0.0739. The van der Waals surface area contributed by atoms with Gasteiger partial charge in [-0.3, -0.25) is 9.48 Å². The van der Waals surface area contributed by atoms with Gasteiger partial charge in [-0.25, -0.2) is 0 Å². The largest absolute Gasteiger partial charge is 0.384 e. The van der Waals surface area contributed by atoms with E-state index in [0.29, 0.717) is 18.0 Å². The summed E-state index contributed by atoms with van der Waals surface area (Å²) in [6.07, 6.45) is 0.316. The third kappa shape index (κ3) is 2.10. The SMILES string of the molecule is Cc1nn(C)c(CC(=O)C2CNc3ccccc32)c1Cl. The molecule has 0 radical (unpaired) electrons. The fraction of sp³-hybridized carbons (Fsp3) is 0.333. The second-order valence-electron chi connectivity index (χ2n) is 5.13. The number of hydrogen-bond acceptors (Lipinski definition) is 3. The molecule has 0 aliphatic carbocycles. The summed E-state index contributed by atoms with van der Waals surface area (Å²) in [7, 11) is 1.82. The van der Waals surface area contributed by atoms with Crippen molar-refractivity contribution in [2.45, 2.75) is 19.3 Å². The molecule has 2 aromatic rings. The first kappa shape index (κ1) is 13.2. The maximum absolute atomic E-state index is 12.6. The lowest BCUT2D eigenvalue weighted by Crippen LogP contribution is -2.18. The van der Waals surface area contributed by atoms with Crippen molar-refractivity contribution < 1.29 is 4.79 Å². The number of carbonyl (C=O) groups excluding carboxylic acids is 1. The highest BCUT2D eigenvalue weighted by Crippen LogP contribution is 2.33. The zero-order valence-electron chi connectivity index (χ0n) is 11.5. The first-order chi connectivity index (χ1) is 9.58. The monoisotopic (exact) mass is 289 g/mol. The van der Waals surface area contributed by atoms with Crippen LogP contribution in [0.4, 0.5) is 5.69 Å². The van der Waals surface area contributed by atoms with Crippen molar-refractivity contribution >= 4 is 23.1 Å². The number of rotatable bonds is 3. The van der Waals surface area contributed by atoms with Gasteiger partial charge in [0.2, 0.25) is 0 Å². The van der Waals surface area contributed by atoms with Crippen LogP contribution in [0.2, 0.25) is 5.02 Å². The van der Waals surface area contributed by atoms with Crippen LogP contribution in [0.15, 0.2) is 24.3 Å². The van der Waals surface area contributed by atoms with Gasteiger partial charge in [0, 0.05) is 19.3 Å². The van der Waals surface area contributed by atoms with E-state index in [0.717, 1.165) is 22.6 Å². The second-order valence-corrected chi connectivity index (χ2v) is 5.51.